The third-order valence-corrected chi connectivity index (χ3v) is 2.69. The first-order valence-corrected chi connectivity index (χ1v) is 6.90. The molecule has 0 amide bonds. The number of halogens is 1. The van der Waals surface area contributed by atoms with Crippen LogP contribution in [0.15, 0.2) is 29.2 Å². The molecule has 0 saturated carbocycles. The van der Waals surface area contributed by atoms with Crippen molar-refractivity contribution in [1.82, 2.24) is 0 Å². The van der Waals surface area contributed by atoms with Gasteiger partial charge in [-0.2, -0.15) is 0 Å². The minimum absolute atomic E-state index is 0.213. The second kappa shape index (κ2) is 10.6. The Hall–Kier alpha value is -0.520. The van der Waals surface area contributed by atoms with E-state index in [1.54, 1.807) is 6.92 Å². The van der Waals surface area contributed by atoms with E-state index in [2.05, 4.69) is 45.4 Å². The van der Waals surface area contributed by atoms with Gasteiger partial charge < -0.3 is 10.5 Å². The molecular weight excluding hydrogens is 302 g/mol. The molecule has 3 nitrogen and oxygen atoms in total. The van der Waals surface area contributed by atoms with Crippen LogP contribution in [-0.2, 0) is 14.9 Å². The zero-order valence-electron chi connectivity index (χ0n) is 9.86. The van der Waals surface area contributed by atoms with E-state index in [0.29, 0.717) is 19.6 Å². The van der Waals surface area contributed by atoms with Crippen LogP contribution < -0.4 is 5.73 Å². The van der Waals surface area contributed by atoms with E-state index in [0.717, 1.165) is 10.2 Å². The number of hydrogen-bond acceptors (Lipinski definition) is 4. The Kier molecular flexibility index (Phi) is 10.3. The zero-order chi connectivity index (χ0) is 13.1. The van der Waals surface area contributed by atoms with Gasteiger partial charge in [-0.25, -0.2) is 0 Å². The van der Waals surface area contributed by atoms with E-state index in [1.165, 1.54) is 5.56 Å². The van der Waals surface area contributed by atoms with Crippen LogP contribution in [0.4, 0.5) is 0 Å². The van der Waals surface area contributed by atoms with Crippen molar-refractivity contribution in [3.63, 3.8) is 0 Å². The van der Waals surface area contributed by atoms with Crippen molar-refractivity contribution in [1.29, 1.82) is 0 Å². The summed E-state index contributed by atoms with van der Waals surface area (Å²) in [4.78, 5) is 11.4. The second-order valence-electron chi connectivity index (χ2n) is 3.14. The number of alkyl halides is 1. The van der Waals surface area contributed by atoms with Crippen LogP contribution in [0.2, 0.25) is 0 Å². The number of esters is 1. The van der Waals surface area contributed by atoms with Crippen LogP contribution in [0.3, 0.4) is 0 Å². The molecule has 0 spiro atoms. The Morgan fingerprint density at radius 3 is 2.41 bits per heavy atom. The average Bonchev–Trinajstić information content (AvgIpc) is 2.32. The molecule has 0 aromatic heterocycles. The maximum absolute atomic E-state index is 10.3. The van der Waals surface area contributed by atoms with Gasteiger partial charge in [-0.3, -0.25) is 4.79 Å². The molecule has 0 heterocycles. The molecule has 17 heavy (non-hydrogen) atoms. The first-order chi connectivity index (χ1) is 8.13. The predicted octanol–water partition coefficient (Wildman–Crippen LogP) is 2.77. The van der Waals surface area contributed by atoms with Gasteiger partial charge >= 0.3 is 5.97 Å². The smallest absolute Gasteiger partial charge is 0.307 e. The van der Waals surface area contributed by atoms with E-state index in [4.69, 9.17) is 5.73 Å². The van der Waals surface area contributed by atoms with Crippen LogP contribution >= 0.6 is 28.6 Å². The predicted molar refractivity (Wildman–Crippen MR) is 76.6 cm³/mol. The number of benzene rings is 1. The molecule has 2 N–H and O–H groups in total. The summed E-state index contributed by atoms with van der Waals surface area (Å²) in [5.41, 5.74) is 6.34. The van der Waals surface area contributed by atoms with Gasteiger partial charge in [0.1, 0.15) is 0 Å². The monoisotopic (exact) mass is 319 g/mol. The average molecular weight is 320 g/mol. The van der Waals surface area contributed by atoms with Gasteiger partial charge in [0.15, 0.2) is 0 Å². The van der Waals surface area contributed by atoms with Crippen LogP contribution in [-0.4, -0.2) is 19.1 Å². The molecule has 1 aromatic carbocycles. The number of hydrogen-bond donors (Lipinski definition) is 2. The molecule has 0 unspecified atom stereocenters. The molecule has 0 aliphatic heterocycles. The van der Waals surface area contributed by atoms with E-state index >= 15 is 0 Å². The van der Waals surface area contributed by atoms with E-state index in [-0.39, 0.29) is 5.97 Å². The highest BCUT2D eigenvalue weighted by atomic mass is 79.9. The highest BCUT2D eigenvalue weighted by molar-refractivity contribution is 9.08. The molecule has 1 rings (SSSR count). The van der Waals surface area contributed by atoms with E-state index < -0.39 is 0 Å². The summed E-state index contributed by atoms with van der Waals surface area (Å²) >= 11 is 7.51. The molecule has 0 atom stereocenters. The van der Waals surface area contributed by atoms with Gasteiger partial charge in [0, 0.05) is 16.8 Å². The molecule has 96 valence electrons. The minimum Gasteiger partial charge on any atom is -0.466 e. The third-order valence-electron chi connectivity index (χ3n) is 1.74. The van der Waals surface area contributed by atoms with Crippen molar-refractivity contribution in [2.24, 2.45) is 5.73 Å². The fourth-order valence-corrected chi connectivity index (χ4v) is 1.46. The van der Waals surface area contributed by atoms with Gasteiger partial charge in [-0.15, -0.1) is 12.6 Å². The second-order valence-corrected chi connectivity index (χ2v) is 4.22. The maximum atomic E-state index is 10.3. The summed E-state index contributed by atoms with van der Waals surface area (Å²) < 4.78 is 4.56. The number of ether oxygens (including phenoxy) is 1. The molecule has 0 fully saturated rings. The number of carbonyl (C=O) groups excluding carboxylic acids is 1. The zero-order valence-corrected chi connectivity index (χ0v) is 12.3. The maximum Gasteiger partial charge on any atom is 0.307 e. The molecule has 0 saturated heterocycles. The molecule has 5 heteroatoms. The van der Waals surface area contributed by atoms with Crippen LogP contribution in [0.1, 0.15) is 18.9 Å². The summed E-state index contributed by atoms with van der Waals surface area (Å²) in [6, 6.07) is 8.08. The third kappa shape index (κ3) is 9.21. The van der Waals surface area contributed by atoms with Gasteiger partial charge in [0.25, 0.3) is 0 Å². The van der Waals surface area contributed by atoms with E-state index in [1.807, 2.05) is 12.1 Å². The van der Waals surface area contributed by atoms with Crippen LogP contribution in [0, 0.1) is 0 Å². The first kappa shape index (κ1) is 16.5. The van der Waals surface area contributed by atoms with Gasteiger partial charge in [0.05, 0.1) is 13.0 Å². The molecule has 0 aliphatic carbocycles. The SMILES string of the molecule is CCOC(=O)CCN.Sc1ccc(CBr)cc1. The molecule has 0 bridgehead atoms. The van der Waals surface area contributed by atoms with Crippen LogP contribution in [0.25, 0.3) is 0 Å². The molecule has 1 aromatic rings. The standard InChI is InChI=1S/C7H7BrS.C5H11NO2/c8-5-6-1-3-7(9)4-2-6;1-2-8-5(7)3-4-6/h1-4,9H,5H2;2-4,6H2,1H3. The lowest BCUT2D eigenvalue weighted by Gasteiger charge is -1.96. The lowest BCUT2D eigenvalue weighted by Crippen LogP contribution is -2.10. The lowest BCUT2D eigenvalue weighted by molar-refractivity contribution is -0.142. The van der Waals surface area contributed by atoms with Crippen molar-refractivity contribution < 1.29 is 9.53 Å². The quantitative estimate of drug-likeness (QED) is 0.509. The highest BCUT2D eigenvalue weighted by Gasteiger charge is 1.95. The Morgan fingerprint density at radius 1 is 1.41 bits per heavy atom. The van der Waals surface area contributed by atoms with E-state index in [9.17, 15) is 4.79 Å². The highest BCUT2D eigenvalue weighted by Crippen LogP contribution is 2.09. The number of nitrogens with two attached hydrogens (primary N) is 1. The van der Waals surface area contributed by atoms with Gasteiger partial charge in [-0.05, 0) is 24.6 Å². The summed E-state index contributed by atoms with van der Waals surface area (Å²) in [5, 5.41) is 0.918. The Balaban J connectivity index is 0.000000304. The number of thiol groups is 1. The van der Waals surface area contributed by atoms with Gasteiger partial charge in [-0.1, -0.05) is 28.1 Å². The summed E-state index contributed by atoms with van der Waals surface area (Å²) in [6.45, 7) is 2.59. The van der Waals surface area contributed by atoms with Crippen molar-refractivity contribution in [3.8, 4) is 0 Å². The number of carbonyl (C=O) groups is 1. The van der Waals surface area contributed by atoms with Crippen molar-refractivity contribution in [2.45, 2.75) is 23.6 Å². The van der Waals surface area contributed by atoms with Crippen molar-refractivity contribution in [3.05, 3.63) is 29.8 Å². The Bertz CT molecular complexity index is 309. The normalized spacial score (nSPS) is 9.18. The summed E-state index contributed by atoms with van der Waals surface area (Å²) in [5.74, 6) is -0.213. The Labute approximate surface area is 116 Å². The van der Waals surface area contributed by atoms with Crippen LogP contribution in [0.5, 0.6) is 0 Å². The Morgan fingerprint density at radius 2 is 2.00 bits per heavy atom. The lowest BCUT2D eigenvalue weighted by atomic mass is 10.2. The fourth-order valence-electron chi connectivity index (χ4n) is 0.936. The number of rotatable bonds is 4. The largest absolute Gasteiger partial charge is 0.466 e. The van der Waals surface area contributed by atoms with Gasteiger partial charge in [0.2, 0.25) is 0 Å². The fraction of sp³-hybridized carbons (Fsp3) is 0.417. The molecule has 0 aliphatic rings. The van der Waals surface area contributed by atoms with Crippen molar-refractivity contribution >= 4 is 34.5 Å². The summed E-state index contributed by atoms with van der Waals surface area (Å²) in [7, 11) is 0. The summed E-state index contributed by atoms with van der Waals surface area (Å²) in [6.07, 6.45) is 0.327. The topological polar surface area (TPSA) is 52.3 Å². The minimum atomic E-state index is -0.213. The first-order valence-electron chi connectivity index (χ1n) is 5.33. The molecular formula is C12H18BrNO2S. The van der Waals surface area contributed by atoms with Crippen molar-refractivity contribution in [2.75, 3.05) is 13.2 Å². The molecule has 0 radical (unpaired) electrons.